The van der Waals surface area contributed by atoms with Gasteiger partial charge in [-0.15, -0.1) is 0 Å². The molecule has 0 saturated heterocycles. The van der Waals surface area contributed by atoms with Crippen LogP contribution in [0.25, 0.3) is 0 Å². The second-order valence-electron chi connectivity index (χ2n) is 4.78. The van der Waals surface area contributed by atoms with Gasteiger partial charge < -0.3 is 20.3 Å². The van der Waals surface area contributed by atoms with Crippen LogP contribution in [0, 0.1) is 0 Å². The lowest BCUT2D eigenvalue weighted by Gasteiger charge is -2.33. The zero-order valence-electron chi connectivity index (χ0n) is 11.3. The van der Waals surface area contributed by atoms with E-state index in [1.165, 1.54) is 6.07 Å². The van der Waals surface area contributed by atoms with Crippen molar-refractivity contribution in [1.29, 1.82) is 0 Å². The van der Waals surface area contributed by atoms with Crippen molar-refractivity contribution >= 4 is 5.91 Å². The molecule has 6 nitrogen and oxygen atoms in total. The first kappa shape index (κ1) is 14.7. The fourth-order valence-electron chi connectivity index (χ4n) is 1.55. The smallest absolute Gasteiger partial charge is 0.273 e. The van der Waals surface area contributed by atoms with Crippen molar-refractivity contribution in [2.75, 3.05) is 6.54 Å². The van der Waals surface area contributed by atoms with Crippen molar-refractivity contribution in [3.63, 3.8) is 0 Å². The Hall–Kier alpha value is -1.40. The van der Waals surface area contributed by atoms with Crippen LogP contribution < -0.4 is 10.6 Å². The highest BCUT2D eigenvalue weighted by Crippen LogP contribution is 2.10. The molecule has 6 heteroatoms. The van der Waals surface area contributed by atoms with Gasteiger partial charge in [-0.05, 0) is 27.3 Å². The molecule has 0 aliphatic carbocycles. The first-order valence-corrected chi connectivity index (χ1v) is 6.03. The average molecular weight is 255 g/mol. The van der Waals surface area contributed by atoms with E-state index in [-0.39, 0.29) is 35.5 Å². The van der Waals surface area contributed by atoms with Crippen LogP contribution in [0.3, 0.4) is 0 Å². The fourth-order valence-corrected chi connectivity index (χ4v) is 1.55. The third-order valence-electron chi connectivity index (χ3n) is 3.01. The zero-order chi connectivity index (χ0) is 13.8. The van der Waals surface area contributed by atoms with E-state index < -0.39 is 0 Å². The van der Waals surface area contributed by atoms with Crippen LogP contribution in [0.4, 0.5) is 0 Å². The Balaban J connectivity index is 2.64. The number of nitrogens with zero attached hydrogens (tertiary/aromatic N) is 1. The Bertz CT molecular complexity index is 401. The molecule has 1 heterocycles. The predicted octanol–water partition coefficient (Wildman–Crippen LogP) is 0.673. The van der Waals surface area contributed by atoms with Gasteiger partial charge in [-0.1, -0.05) is 12.1 Å². The first-order chi connectivity index (χ1) is 8.40. The van der Waals surface area contributed by atoms with Crippen molar-refractivity contribution in [3.05, 3.63) is 17.5 Å². The number of carbonyl (C=O) groups is 1. The topological polar surface area (TPSA) is 87.4 Å². The minimum atomic E-state index is -0.308. The van der Waals surface area contributed by atoms with Gasteiger partial charge in [0.2, 0.25) is 0 Å². The Morgan fingerprint density at radius 1 is 1.61 bits per heavy atom. The average Bonchev–Trinajstić information content (AvgIpc) is 2.77. The molecule has 1 atom stereocenters. The zero-order valence-corrected chi connectivity index (χ0v) is 11.3. The normalized spacial score (nSPS) is 13.4. The van der Waals surface area contributed by atoms with Crippen molar-refractivity contribution in [3.8, 4) is 0 Å². The molecular formula is C12H21N3O3. The second kappa shape index (κ2) is 5.97. The third kappa shape index (κ3) is 3.54. The predicted molar refractivity (Wildman–Crippen MR) is 67.1 cm³/mol. The summed E-state index contributed by atoms with van der Waals surface area (Å²) in [7, 11) is 0. The number of hydrogen-bond donors (Lipinski definition) is 3. The highest BCUT2D eigenvalue weighted by molar-refractivity contribution is 5.92. The summed E-state index contributed by atoms with van der Waals surface area (Å²) in [4.78, 5) is 11.9. The molecule has 0 spiro atoms. The van der Waals surface area contributed by atoms with Crippen molar-refractivity contribution in [1.82, 2.24) is 15.8 Å². The maximum absolute atomic E-state index is 11.9. The molecule has 0 aliphatic heterocycles. The summed E-state index contributed by atoms with van der Waals surface area (Å²) in [5, 5.41) is 18.6. The summed E-state index contributed by atoms with van der Waals surface area (Å²) in [6, 6.07) is 1.36. The van der Waals surface area contributed by atoms with Gasteiger partial charge in [-0.3, -0.25) is 4.79 Å². The quantitative estimate of drug-likeness (QED) is 0.695. The number of nitrogens with one attached hydrogen (secondary N) is 2. The number of aliphatic hydroxyl groups is 1. The highest BCUT2D eigenvalue weighted by Gasteiger charge is 2.27. The van der Waals surface area contributed by atoms with Crippen LogP contribution in [0.5, 0.6) is 0 Å². The number of carbonyl (C=O) groups excluding carboxylic acids is 1. The molecular weight excluding hydrogens is 234 g/mol. The van der Waals surface area contributed by atoms with Crippen LogP contribution in [0.1, 0.15) is 43.9 Å². The van der Waals surface area contributed by atoms with Gasteiger partial charge in [-0.2, -0.15) is 0 Å². The minimum absolute atomic E-state index is 0.0702. The third-order valence-corrected chi connectivity index (χ3v) is 3.01. The van der Waals surface area contributed by atoms with Gasteiger partial charge in [0.25, 0.3) is 5.91 Å². The number of hydrogen-bond acceptors (Lipinski definition) is 5. The minimum Gasteiger partial charge on any atom is -0.388 e. The summed E-state index contributed by atoms with van der Waals surface area (Å²) in [5.41, 5.74) is -0.0354. The molecule has 0 aliphatic rings. The SMILES string of the molecule is CCNC(C)(C)C(C)NC(=O)c1cc(CO)on1. The molecule has 1 aromatic heterocycles. The molecule has 1 amide bonds. The number of aromatic nitrogens is 1. The molecule has 0 bridgehead atoms. The van der Waals surface area contributed by atoms with Crippen molar-refractivity contribution in [2.45, 2.75) is 45.9 Å². The molecule has 0 radical (unpaired) electrons. The van der Waals surface area contributed by atoms with Crippen LogP contribution >= 0.6 is 0 Å². The number of likely N-dealkylation sites (N-methyl/N-ethyl adjacent to an activating group) is 1. The molecule has 3 N–H and O–H groups in total. The monoisotopic (exact) mass is 255 g/mol. The van der Waals surface area contributed by atoms with Gasteiger partial charge >= 0.3 is 0 Å². The largest absolute Gasteiger partial charge is 0.388 e. The fraction of sp³-hybridized carbons (Fsp3) is 0.667. The maximum atomic E-state index is 11.9. The first-order valence-electron chi connectivity index (χ1n) is 6.03. The molecule has 0 aromatic carbocycles. The van der Waals surface area contributed by atoms with Crippen molar-refractivity contribution in [2.24, 2.45) is 0 Å². The lowest BCUT2D eigenvalue weighted by Crippen LogP contribution is -2.55. The number of aliphatic hydroxyl groups excluding tert-OH is 1. The van der Waals surface area contributed by atoms with Crippen LogP contribution in [-0.2, 0) is 6.61 Å². The summed E-state index contributed by atoms with van der Waals surface area (Å²) in [6.07, 6.45) is 0. The highest BCUT2D eigenvalue weighted by atomic mass is 16.5. The van der Waals surface area contributed by atoms with Crippen LogP contribution in [-0.4, -0.2) is 34.3 Å². The Labute approximate surface area is 107 Å². The van der Waals surface area contributed by atoms with Crippen molar-refractivity contribution < 1.29 is 14.4 Å². The molecule has 0 saturated carbocycles. The standard InChI is InChI=1S/C12H21N3O3/c1-5-13-12(3,4)8(2)14-11(17)10-6-9(7-16)18-15-10/h6,8,13,16H,5,7H2,1-4H3,(H,14,17). The van der Waals surface area contributed by atoms with E-state index in [1.807, 2.05) is 27.7 Å². The lowest BCUT2D eigenvalue weighted by molar-refractivity contribution is 0.0908. The summed E-state index contributed by atoms with van der Waals surface area (Å²) >= 11 is 0. The van der Waals surface area contributed by atoms with E-state index >= 15 is 0 Å². The number of rotatable bonds is 6. The van der Waals surface area contributed by atoms with E-state index in [0.717, 1.165) is 6.54 Å². The Morgan fingerprint density at radius 2 is 2.28 bits per heavy atom. The molecule has 102 valence electrons. The van der Waals surface area contributed by atoms with E-state index in [2.05, 4.69) is 15.8 Å². The molecule has 18 heavy (non-hydrogen) atoms. The van der Waals surface area contributed by atoms with Crippen LogP contribution in [0.15, 0.2) is 10.6 Å². The Kier molecular flexibility index (Phi) is 4.86. The summed E-state index contributed by atoms with van der Waals surface area (Å²) in [6.45, 7) is 8.53. The van der Waals surface area contributed by atoms with E-state index in [9.17, 15) is 4.79 Å². The molecule has 1 aromatic rings. The summed E-state index contributed by atoms with van der Waals surface area (Å²) in [5.74, 6) is -0.0318. The van der Waals surface area contributed by atoms with Gasteiger partial charge in [0.05, 0.1) is 0 Å². The van der Waals surface area contributed by atoms with Gasteiger partial charge in [0.15, 0.2) is 11.5 Å². The van der Waals surface area contributed by atoms with Gasteiger partial charge in [-0.25, -0.2) is 0 Å². The van der Waals surface area contributed by atoms with Gasteiger partial charge in [0.1, 0.15) is 6.61 Å². The van der Waals surface area contributed by atoms with E-state index in [1.54, 1.807) is 0 Å². The molecule has 1 unspecified atom stereocenters. The van der Waals surface area contributed by atoms with E-state index in [4.69, 9.17) is 9.63 Å². The molecule has 0 fully saturated rings. The number of amides is 1. The molecule has 1 rings (SSSR count). The summed E-state index contributed by atoms with van der Waals surface area (Å²) < 4.78 is 4.77. The second-order valence-corrected chi connectivity index (χ2v) is 4.78. The van der Waals surface area contributed by atoms with Gasteiger partial charge in [0, 0.05) is 17.6 Å². The van der Waals surface area contributed by atoms with E-state index in [0.29, 0.717) is 0 Å². The Morgan fingerprint density at radius 3 is 2.78 bits per heavy atom. The lowest BCUT2D eigenvalue weighted by atomic mass is 9.96. The van der Waals surface area contributed by atoms with Crippen LogP contribution in [0.2, 0.25) is 0 Å². The maximum Gasteiger partial charge on any atom is 0.273 e.